The molecule has 1 amide bonds. The molecule has 0 saturated heterocycles. The van der Waals surface area contributed by atoms with Crippen LogP contribution in [-0.2, 0) is 4.79 Å². The zero-order valence-electron chi connectivity index (χ0n) is 11.4. The molecule has 1 atom stereocenters. The van der Waals surface area contributed by atoms with Crippen LogP contribution in [0.5, 0.6) is 0 Å². The number of amides is 1. The second-order valence-electron chi connectivity index (χ2n) is 5.65. The molecule has 3 nitrogen and oxygen atoms in total. The molecule has 0 saturated carbocycles. The lowest BCUT2D eigenvalue weighted by molar-refractivity contribution is -0.126. The molecule has 98 valence electrons. The quantitative estimate of drug-likeness (QED) is 0.872. The normalized spacial score (nSPS) is 19.6. The molecule has 1 aliphatic rings. The molecule has 0 aliphatic carbocycles. The van der Waals surface area contributed by atoms with Crippen LogP contribution in [0.2, 0.25) is 0 Å². The third-order valence-corrected chi connectivity index (χ3v) is 4.00. The number of hydrogen-bond acceptors (Lipinski definition) is 2. The average molecular weight is 246 g/mol. The molecule has 2 rings (SSSR count). The smallest absolute Gasteiger partial charge is 0.232 e. The van der Waals surface area contributed by atoms with Crippen LogP contribution in [0.1, 0.15) is 45.2 Å². The van der Waals surface area contributed by atoms with Crippen LogP contribution in [0.3, 0.4) is 0 Å². The first-order valence-corrected chi connectivity index (χ1v) is 6.64. The number of para-hydroxylation sites is 1. The Morgan fingerprint density at radius 3 is 2.78 bits per heavy atom. The molecular formula is C15H22N2O. The van der Waals surface area contributed by atoms with Crippen molar-refractivity contribution in [3.05, 3.63) is 29.8 Å². The van der Waals surface area contributed by atoms with E-state index in [1.54, 1.807) is 0 Å². The standard InChI is InChI=1S/C15H22N2O/c1-4-15(2,3)14(18)17-10-9-12(16)11-7-5-6-8-13(11)17/h5-8,12H,4,9-10,16H2,1-3H3. The molecule has 1 unspecified atom stereocenters. The van der Waals surface area contributed by atoms with E-state index in [1.165, 1.54) is 0 Å². The zero-order valence-corrected chi connectivity index (χ0v) is 11.4. The highest BCUT2D eigenvalue weighted by molar-refractivity contribution is 5.98. The maximum Gasteiger partial charge on any atom is 0.232 e. The van der Waals surface area contributed by atoms with E-state index < -0.39 is 0 Å². The third kappa shape index (κ3) is 2.15. The molecule has 3 heteroatoms. The van der Waals surface area contributed by atoms with Crippen LogP contribution < -0.4 is 10.6 Å². The molecule has 0 aromatic heterocycles. The molecular weight excluding hydrogens is 224 g/mol. The van der Waals surface area contributed by atoms with Crippen LogP contribution in [0, 0.1) is 5.41 Å². The van der Waals surface area contributed by atoms with Crippen LogP contribution in [0.25, 0.3) is 0 Å². The van der Waals surface area contributed by atoms with Crippen molar-refractivity contribution in [2.75, 3.05) is 11.4 Å². The van der Waals surface area contributed by atoms with E-state index in [2.05, 4.69) is 6.92 Å². The van der Waals surface area contributed by atoms with E-state index in [0.29, 0.717) is 0 Å². The first kappa shape index (κ1) is 13.1. The van der Waals surface area contributed by atoms with Crippen molar-refractivity contribution in [3.63, 3.8) is 0 Å². The lowest BCUT2D eigenvalue weighted by atomic mass is 9.86. The second kappa shape index (κ2) is 4.73. The summed E-state index contributed by atoms with van der Waals surface area (Å²) in [5, 5.41) is 0. The van der Waals surface area contributed by atoms with Gasteiger partial charge in [0, 0.05) is 23.7 Å². The van der Waals surface area contributed by atoms with Gasteiger partial charge in [0.1, 0.15) is 0 Å². The van der Waals surface area contributed by atoms with Gasteiger partial charge in [-0.05, 0) is 24.5 Å². The summed E-state index contributed by atoms with van der Waals surface area (Å²) >= 11 is 0. The Kier molecular flexibility index (Phi) is 3.44. The molecule has 0 spiro atoms. The zero-order chi connectivity index (χ0) is 13.3. The Morgan fingerprint density at radius 2 is 2.11 bits per heavy atom. The minimum absolute atomic E-state index is 0.0509. The van der Waals surface area contributed by atoms with E-state index in [4.69, 9.17) is 5.73 Å². The second-order valence-corrected chi connectivity index (χ2v) is 5.65. The Bertz CT molecular complexity index is 454. The molecule has 0 bridgehead atoms. The Labute approximate surface area is 109 Å². The third-order valence-electron chi connectivity index (χ3n) is 4.00. The molecule has 1 aromatic carbocycles. The number of carbonyl (C=O) groups excluding carboxylic acids is 1. The van der Waals surface area contributed by atoms with Gasteiger partial charge in [-0.3, -0.25) is 4.79 Å². The molecule has 2 N–H and O–H groups in total. The van der Waals surface area contributed by atoms with Crippen molar-refractivity contribution in [1.29, 1.82) is 0 Å². The van der Waals surface area contributed by atoms with Gasteiger partial charge in [-0.15, -0.1) is 0 Å². The van der Waals surface area contributed by atoms with Crippen molar-refractivity contribution in [2.45, 2.75) is 39.7 Å². The fourth-order valence-electron chi connectivity index (χ4n) is 2.32. The van der Waals surface area contributed by atoms with Gasteiger partial charge < -0.3 is 10.6 Å². The summed E-state index contributed by atoms with van der Waals surface area (Å²) in [4.78, 5) is 14.5. The Balaban J connectivity index is 2.38. The topological polar surface area (TPSA) is 46.3 Å². The van der Waals surface area contributed by atoms with Crippen molar-refractivity contribution in [1.82, 2.24) is 0 Å². The van der Waals surface area contributed by atoms with Crippen LogP contribution >= 0.6 is 0 Å². The highest BCUT2D eigenvalue weighted by Gasteiger charge is 2.34. The molecule has 0 radical (unpaired) electrons. The summed E-state index contributed by atoms with van der Waals surface area (Å²) in [5.74, 6) is 0.198. The van der Waals surface area contributed by atoms with Gasteiger partial charge in [-0.1, -0.05) is 39.0 Å². The largest absolute Gasteiger partial charge is 0.324 e. The first-order chi connectivity index (χ1) is 8.47. The number of benzene rings is 1. The van der Waals surface area contributed by atoms with Crippen LogP contribution in [0.15, 0.2) is 24.3 Å². The van der Waals surface area contributed by atoms with E-state index in [0.717, 1.165) is 30.6 Å². The van der Waals surface area contributed by atoms with E-state index >= 15 is 0 Å². The fourth-order valence-corrected chi connectivity index (χ4v) is 2.32. The number of nitrogens with zero attached hydrogens (tertiary/aromatic N) is 1. The summed E-state index contributed by atoms with van der Waals surface area (Å²) < 4.78 is 0. The van der Waals surface area contributed by atoms with Gasteiger partial charge in [0.05, 0.1) is 0 Å². The van der Waals surface area contributed by atoms with Gasteiger partial charge >= 0.3 is 0 Å². The highest BCUT2D eigenvalue weighted by atomic mass is 16.2. The van der Waals surface area contributed by atoms with E-state index in [9.17, 15) is 4.79 Å². The monoisotopic (exact) mass is 246 g/mol. The van der Waals surface area contributed by atoms with E-state index in [-0.39, 0.29) is 17.4 Å². The van der Waals surface area contributed by atoms with Gasteiger partial charge in [0.15, 0.2) is 0 Å². The SMILES string of the molecule is CCC(C)(C)C(=O)N1CCC(N)c2ccccc21. The summed E-state index contributed by atoms with van der Waals surface area (Å²) in [6.45, 7) is 6.79. The maximum atomic E-state index is 12.6. The molecule has 1 aromatic rings. The van der Waals surface area contributed by atoms with Gasteiger partial charge in [0.25, 0.3) is 0 Å². The molecule has 1 heterocycles. The van der Waals surface area contributed by atoms with Crippen LogP contribution in [-0.4, -0.2) is 12.5 Å². The predicted octanol–water partition coefficient (Wildman–Crippen LogP) is 2.86. The van der Waals surface area contributed by atoms with Gasteiger partial charge in [-0.2, -0.15) is 0 Å². The fraction of sp³-hybridized carbons (Fsp3) is 0.533. The molecule has 1 aliphatic heterocycles. The lowest BCUT2D eigenvalue weighted by Gasteiger charge is -2.37. The highest BCUT2D eigenvalue weighted by Crippen LogP contribution is 2.35. The molecule has 0 fully saturated rings. The van der Waals surface area contributed by atoms with Crippen molar-refractivity contribution in [2.24, 2.45) is 11.1 Å². The van der Waals surface area contributed by atoms with E-state index in [1.807, 2.05) is 43.0 Å². The Hall–Kier alpha value is -1.35. The number of fused-ring (bicyclic) bond motifs is 1. The van der Waals surface area contributed by atoms with Gasteiger partial charge in [0.2, 0.25) is 5.91 Å². The summed E-state index contributed by atoms with van der Waals surface area (Å²) in [5.41, 5.74) is 7.88. The minimum atomic E-state index is -0.311. The van der Waals surface area contributed by atoms with Crippen molar-refractivity contribution >= 4 is 11.6 Å². The van der Waals surface area contributed by atoms with Crippen molar-refractivity contribution in [3.8, 4) is 0 Å². The predicted molar refractivity (Wildman–Crippen MR) is 74.4 cm³/mol. The summed E-state index contributed by atoms with van der Waals surface area (Å²) in [7, 11) is 0. The number of anilines is 1. The number of rotatable bonds is 2. The average Bonchev–Trinajstić information content (AvgIpc) is 2.39. The Morgan fingerprint density at radius 1 is 1.44 bits per heavy atom. The summed E-state index contributed by atoms with van der Waals surface area (Å²) in [6, 6.07) is 8.03. The minimum Gasteiger partial charge on any atom is -0.324 e. The summed E-state index contributed by atoms with van der Waals surface area (Å²) in [6.07, 6.45) is 1.68. The molecule has 18 heavy (non-hydrogen) atoms. The lowest BCUT2D eigenvalue weighted by Crippen LogP contribution is -2.44. The maximum absolute atomic E-state index is 12.6. The van der Waals surface area contributed by atoms with Crippen LogP contribution in [0.4, 0.5) is 5.69 Å². The van der Waals surface area contributed by atoms with Gasteiger partial charge in [-0.25, -0.2) is 0 Å². The first-order valence-electron chi connectivity index (χ1n) is 6.64. The number of nitrogens with two attached hydrogens (primary N) is 1. The number of hydrogen-bond donors (Lipinski definition) is 1. The van der Waals surface area contributed by atoms with Crippen molar-refractivity contribution < 1.29 is 4.79 Å². The number of carbonyl (C=O) groups is 1.